The Morgan fingerprint density at radius 3 is 2.45 bits per heavy atom. The smallest absolute Gasteiger partial charge is 0.119 e. The molecule has 2 rings (SSSR count). The van der Waals surface area contributed by atoms with E-state index in [4.69, 9.17) is 10.6 Å². The molecule has 0 saturated heterocycles. The van der Waals surface area contributed by atoms with Gasteiger partial charge in [-0.1, -0.05) is 30.3 Å². The largest absolute Gasteiger partial charge is 0.494 e. The maximum Gasteiger partial charge on any atom is 0.119 e. The summed E-state index contributed by atoms with van der Waals surface area (Å²) in [6.07, 6.45) is 2.07. The molecule has 106 valence electrons. The van der Waals surface area contributed by atoms with Gasteiger partial charge < -0.3 is 4.74 Å². The molecule has 0 aliphatic rings. The second-order valence-electron chi connectivity index (χ2n) is 4.34. The van der Waals surface area contributed by atoms with Gasteiger partial charge in [0.05, 0.1) is 12.6 Å². The molecule has 0 saturated carbocycles. The van der Waals surface area contributed by atoms with Gasteiger partial charge in [0.25, 0.3) is 0 Å². The van der Waals surface area contributed by atoms with E-state index in [0.29, 0.717) is 6.61 Å². The first kappa shape index (κ1) is 14.9. The lowest BCUT2D eigenvalue weighted by Gasteiger charge is -2.19. The van der Waals surface area contributed by atoms with Gasteiger partial charge in [-0.05, 0) is 42.5 Å². The summed E-state index contributed by atoms with van der Waals surface area (Å²) < 4.78 is 5.47. The normalized spacial score (nSPS) is 12.2. The van der Waals surface area contributed by atoms with Gasteiger partial charge in [-0.15, -0.1) is 11.8 Å². The van der Waals surface area contributed by atoms with Gasteiger partial charge in [-0.25, -0.2) is 5.43 Å². The summed E-state index contributed by atoms with van der Waals surface area (Å²) in [6, 6.07) is 16.3. The molecule has 3 N–H and O–H groups in total. The van der Waals surface area contributed by atoms with E-state index < -0.39 is 0 Å². The molecule has 2 aromatic carbocycles. The van der Waals surface area contributed by atoms with Crippen molar-refractivity contribution in [2.24, 2.45) is 5.84 Å². The highest BCUT2D eigenvalue weighted by Gasteiger charge is 2.15. The highest BCUT2D eigenvalue weighted by atomic mass is 32.2. The monoisotopic (exact) mass is 288 g/mol. The van der Waals surface area contributed by atoms with Crippen molar-refractivity contribution in [3.63, 3.8) is 0 Å². The predicted molar refractivity (Wildman–Crippen MR) is 85.0 cm³/mol. The quantitative estimate of drug-likeness (QED) is 0.486. The predicted octanol–water partition coefficient (Wildman–Crippen LogP) is 3.36. The van der Waals surface area contributed by atoms with Crippen molar-refractivity contribution >= 4 is 11.8 Å². The van der Waals surface area contributed by atoms with Crippen molar-refractivity contribution in [1.82, 2.24) is 5.43 Å². The van der Waals surface area contributed by atoms with Crippen LogP contribution < -0.4 is 16.0 Å². The Kier molecular flexibility index (Phi) is 5.47. The van der Waals surface area contributed by atoms with Gasteiger partial charge in [0.15, 0.2) is 0 Å². The molecule has 0 aliphatic carbocycles. The third-order valence-electron chi connectivity index (χ3n) is 3.14. The van der Waals surface area contributed by atoms with Crippen molar-refractivity contribution in [3.8, 4) is 5.75 Å². The van der Waals surface area contributed by atoms with Crippen LogP contribution in [0.5, 0.6) is 5.75 Å². The number of benzene rings is 2. The fourth-order valence-corrected chi connectivity index (χ4v) is 2.83. The average Bonchev–Trinajstić information content (AvgIpc) is 2.50. The molecular formula is C16H20N2OS. The van der Waals surface area contributed by atoms with E-state index in [0.717, 1.165) is 11.3 Å². The van der Waals surface area contributed by atoms with Gasteiger partial charge in [0.2, 0.25) is 0 Å². The van der Waals surface area contributed by atoms with Crippen LogP contribution in [0.25, 0.3) is 0 Å². The lowest BCUT2D eigenvalue weighted by atomic mass is 9.99. The number of hydrazine groups is 1. The molecule has 0 amide bonds. The van der Waals surface area contributed by atoms with Crippen LogP contribution in [0.15, 0.2) is 53.4 Å². The molecule has 20 heavy (non-hydrogen) atoms. The molecule has 0 radical (unpaired) electrons. The highest BCUT2D eigenvalue weighted by Crippen LogP contribution is 2.30. The maximum absolute atomic E-state index is 5.77. The van der Waals surface area contributed by atoms with Crippen molar-refractivity contribution in [3.05, 3.63) is 59.7 Å². The van der Waals surface area contributed by atoms with Crippen LogP contribution in [-0.4, -0.2) is 12.9 Å². The number of nitrogens with two attached hydrogens (primary N) is 1. The summed E-state index contributed by atoms with van der Waals surface area (Å²) in [6.45, 7) is 2.65. The first-order valence-corrected chi connectivity index (χ1v) is 7.84. The van der Waals surface area contributed by atoms with Gasteiger partial charge in [0.1, 0.15) is 5.75 Å². The van der Waals surface area contributed by atoms with Crippen molar-refractivity contribution in [2.45, 2.75) is 17.9 Å². The van der Waals surface area contributed by atoms with Gasteiger partial charge in [0, 0.05) is 4.90 Å². The zero-order chi connectivity index (χ0) is 14.4. The summed E-state index contributed by atoms with van der Waals surface area (Å²) in [5.74, 6) is 6.65. The second-order valence-corrected chi connectivity index (χ2v) is 5.19. The molecule has 0 heterocycles. The van der Waals surface area contributed by atoms with E-state index in [-0.39, 0.29) is 6.04 Å². The minimum atomic E-state index is -0.0191. The summed E-state index contributed by atoms with van der Waals surface area (Å²) in [4.78, 5) is 1.23. The van der Waals surface area contributed by atoms with E-state index in [1.807, 2.05) is 43.3 Å². The van der Waals surface area contributed by atoms with Crippen LogP contribution in [0.1, 0.15) is 24.1 Å². The van der Waals surface area contributed by atoms with Crippen LogP contribution >= 0.6 is 11.8 Å². The Bertz CT molecular complexity index is 542. The van der Waals surface area contributed by atoms with E-state index in [1.54, 1.807) is 11.8 Å². The zero-order valence-electron chi connectivity index (χ0n) is 11.8. The first-order valence-electron chi connectivity index (χ1n) is 6.62. The lowest BCUT2D eigenvalue weighted by molar-refractivity contribution is 0.340. The van der Waals surface area contributed by atoms with Crippen LogP contribution in [0.2, 0.25) is 0 Å². The summed E-state index contributed by atoms with van der Waals surface area (Å²) in [7, 11) is 0. The topological polar surface area (TPSA) is 47.3 Å². The van der Waals surface area contributed by atoms with Gasteiger partial charge in [-0.2, -0.15) is 0 Å². The van der Waals surface area contributed by atoms with Crippen LogP contribution in [0.3, 0.4) is 0 Å². The fourth-order valence-electron chi connectivity index (χ4n) is 2.19. The van der Waals surface area contributed by atoms with E-state index >= 15 is 0 Å². The molecule has 4 heteroatoms. The van der Waals surface area contributed by atoms with Crippen molar-refractivity contribution in [2.75, 3.05) is 12.9 Å². The zero-order valence-corrected chi connectivity index (χ0v) is 12.6. The number of thioether (sulfide) groups is 1. The SMILES string of the molecule is CCOc1ccc(C(NN)c2ccccc2SC)cc1. The molecular weight excluding hydrogens is 268 g/mol. The number of rotatable bonds is 6. The van der Waals surface area contributed by atoms with E-state index in [1.165, 1.54) is 10.5 Å². The Labute approximate surface area is 124 Å². The second kappa shape index (κ2) is 7.33. The lowest BCUT2D eigenvalue weighted by Crippen LogP contribution is -2.29. The molecule has 0 fully saturated rings. The third-order valence-corrected chi connectivity index (χ3v) is 3.95. The summed E-state index contributed by atoms with van der Waals surface area (Å²) >= 11 is 1.72. The average molecular weight is 288 g/mol. The third kappa shape index (κ3) is 3.33. The summed E-state index contributed by atoms with van der Waals surface area (Å²) in [5.41, 5.74) is 5.22. The number of nitrogens with one attached hydrogen (secondary N) is 1. The van der Waals surface area contributed by atoms with Crippen LogP contribution in [-0.2, 0) is 0 Å². The Balaban J connectivity index is 2.31. The van der Waals surface area contributed by atoms with Crippen molar-refractivity contribution < 1.29 is 4.74 Å². The molecule has 0 aliphatic heterocycles. The van der Waals surface area contributed by atoms with E-state index in [2.05, 4.69) is 23.8 Å². The Hall–Kier alpha value is -1.49. The Morgan fingerprint density at radius 2 is 1.85 bits per heavy atom. The molecule has 0 spiro atoms. The maximum atomic E-state index is 5.77. The highest BCUT2D eigenvalue weighted by molar-refractivity contribution is 7.98. The minimum Gasteiger partial charge on any atom is -0.494 e. The van der Waals surface area contributed by atoms with Gasteiger partial charge in [-0.3, -0.25) is 5.84 Å². The van der Waals surface area contributed by atoms with Crippen molar-refractivity contribution in [1.29, 1.82) is 0 Å². The molecule has 1 atom stereocenters. The standard InChI is InChI=1S/C16H20N2OS/c1-3-19-13-10-8-12(9-11-13)16(18-17)14-6-4-5-7-15(14)20-2/h4-11,16,18H,3,17H2,1-2H3. The molecule has 2 aromatic rings. The number of hydrogen-bond donors (Lipinski definition) is 2. The van der Waals surface area contributed by atoms with Gasteiger partial charge >= 0.3 is 0 Å². The molecule has 0 aromatic heterocycles. The molecule has 0 bridgehead atoms. The molecule has 1 unspecified atom stereocenters. The number of ether oxygens (including phenoxy) is 1. The minimum absolute atomic E-state index is 0.0191. The number of hydrogen-bond acceptors (Lipinski definition) is 4. The van der Waals surface area contributed by atoms with Crippen LogP contribution in [0.4, 0.5) is 0 Å². The Morgan fingerprint density at radius 1 is 1.15 bits per heavy atom. The van der Waals surface area contributed by atoms with Crippen LogP contribution in [0, 0.1) is 0 Å². The summed E-state index contributed by atoms with van der Waals surface area (Å²) in [5, 5.41) is 0. The van der Waals surface area contributed by atoms with E-state index in [9.17, 15) is 0 Å². The fraction of sp³-hybridized carbons (Fsp3) is 0.250. The molecule has 3 nitrogen and oxygen atoms in total. The first-order chi connectivity index (χ1) is 9.80.